The number of benzene rings is 2. The minimum atomic E-state index is -0.909. The van der Waals surface area contributed by atoms with E-state index in [9.17, 15) is 14.7 Å². The largest absolute Gasteiger partial charge is 0.481 e. The summed E-state index contributed by atoms with van der Waals surface area (Å²) in [4.78, 5) is 27.8. The van der Waals surface area contributed by atoms with Gasteiger partial charge in [0.1, 0.15) is 5.92 Å². The predicted molar refractivity (Wildman–Crippen MR) is 99.0 cm³/mol. The standard InChI is InChI=1S/C22H23NO3/c1-22(15-9-3-2-4-10-15)19(21(25)26)17-13-7-8-14-18(17)20(24)23(22)16-11-5-6-12-16/h2-4,7-10,13-14,16,19H,5-6,11-12H2,1H3,(H,25,26). The molecule has 2 unspecified atom stereocenters. The van der Waals surface area contributed by atoms with Crippen molar-refractivity contribution < 1.29 is 14.7 Å². The molecule has 0 aromatic heterocycles. The smallest absolute Gasteiger partial charge is 0.313 e. The second kappa shape index (κ2) is 6.27. The summed E-state index contributed by atoms with van der Waals surface area (Å²) in [5, 5.41) is 10.2. The molecule has 0 saturated heterocycles. The molecular formula is C22H23NO3. The molecule has 1 heterocycles. The van der Waals surface area contributed by atoms with E-state index >= 15 is 0 Å². The Labute approximate surface area is 153 Å². The first kappa shape index (κ1) is 16.8. The molecule has 0 spiro atoms. The van der Waals surface area contributed by atoms with Crippen LogP contribution in [0.5, 0.6) is 0 Å². The van der Waals surface area contributed by atoms with Gasteiger partial charge in [0.2, 0.25) is 0 Å². The van der Waals surface area contributed by atoms with Crippen LogP contribution in [0.1, 0.15) is 60.0 Å². The molecule has 1 fully saturated rings. The summed E-state index contributed by atoms with van der Waals surface area (Å²) in [6, 6.07) is 16.9. The van der Waals surface area contributed by atoms with Gasteiger partial charge in [0.25, 0.3) is 5.91 Å². The van der Waals surface area contributed by atoms with Crippen LogP contribution < -0.4 is 0 Å². The highest BCUT2D eigenvalue weighted by Gasteiger charge is 2.55. The first-order valence-corrected chi connectivity index (χ1v) is 9.26. The molecule has 26 heavy (non-hydrogen) atoms. The summed E-state index contributed by atoms with van der Waals surface area (Å²) in [5.74, 6) is -1.73. The number of amides is 1. The van der Waals surface area contributed by atoms with Crippen molar-refractivity contribution in [3.05, 3.63) is 71.3 Å². The van der Waals surface area contributed by atoms with Crippen LogP contribution in [-0.4, -0.2) is 27.9 Å². The van der Waals surface area contributed by atoms with Crippen LogP contribution >= 0.6 is 0 Å². The van der Waals surface area contributed by atoms with Crippen LogP contribution in [0.2, 0.25) is 0 Å². The molecule has 1 amide bonds. The van der Waals surface area contributed by atoms with Gasteiger partial charge in [-0.3, -0.25) is 9.59 Å². The number of carbonyl (C=O) groups is 2. The molecule has 2 atom stereocenters. The molecule has 4 rings (SSSR count). The fraction of sp³-hybridized carbons (Fsp3) is 0.364. The van der Waals surface area contributed by atoms with Gasteiger partial charge in [0.15, 0.2) is 0 Å². The molecule has 4 nitrogen and oxygen atoms in total. The predicted octanol–water partition coefficient (Wildman–Crippen LogP) is 4.17. The third kappa shape index (κ3) is 2.36. The van der Waals surface area contributed by atoms with E-state index in [0.29, 0.717) is 11.1 Å². The fourth-order valence-electron chi connectivity index (χ4n) is 4.89. The van der Waals surface area contributed by atoms with E-state index in [4.69, 9.17) is 0 Å². The van der Waals surface area contributed by atoms with Crippen molar-refractivity contribution in [3.8, 4) is 0 Å². The summed E-state index contributed by atoms with van der Waals surface area (Å²) >= 11 is 0. The molecule has 1 N–H and O–H groups in total. The van der Waals surface area contributed by atoms with E-state index in [1.165, 1.54) is 0 Å². The average molecular weight is 349 g/mol. The molecule has 2 aromatic rings. The highest BCUT2D eigenvalue weighted by molar-refractivity contribution is 6.01. The Bertz CT molecular complexity index is 841. The van der Waals surface area contributed by atoms with Gasteiger partial charge in [-0.05, 0) is 37.0 Å². The van der Waals surface area contributed by atoms with Gasteiger partial charge in [-0.2, -0.15) is 0 Å². The molecule has 0 radical (unpaired) electrons. The zero-order valence-corrected chi connectivity index (χ0v) is 14.9. The molecule has 4 heteroatoms. The lowest BCUT2D eigenvalue weighted by atomic mass is 9.69. The van der Waals surface area contributed by atoms with E-state index < -0.39 is 17.4 Å². The van der Waals surface area contributed by atoms with Crippen LogP contribution in [0.4, 0.5) is 0 Å². The Kier molecular flexibility index (Phi) is 4.06. The minimum absolute atomic E-state index is 0.0450. The highest BCUT2D eigenvalue weighted by Crippen LogP contribution is 2.50. The van der Waals surface area contributed by atoms with Crippen LogP contribution in [0.3, 0.4) is 0 Å². The Morgan fingerprint density at radius 2 is 1.65 bits per heavy atom. The van der Waals surface area contributed by atoms with Crippen molar-refractivity contribution in [1.29, 1.82) is 0 Å². The quantitative estimate of drug-likeness (QED) is 0.905. The number of nitrogens with zero attached hydrogens (tertiary/aromatic N) is 1. The van der Waals surface area contributed by atoms with E-state index in [1.54, 1.807) is 12.1 Å². The van der Waals surface area contributed by atoms with Crippen molar-refractivity contribution in [2.45, 2.75) is 50.1 Å². The lowest BCUT2D eigenvalue weighted by Gasteiger charge is -2.52. The molecule has 2 aliphatic rings. The molecule has 1 aliphatic carbocycles. The second-order valence-corrected chi connectivity index (χ2v) is 7.49. The van der Waals surface area contributed by atoms with Crippen molar-refractivity contribution >= 4 is 11.9 Å². The SMILES string of the molecule is CC1(c2ccccc2)C(C(=O)O)c2ccccc2C(=O)N1C1CCCC1. The summed E-state index contributed by atoms with van der Waals surface area (Å²) in [6.45, 7) is 1.92. The maximum Gasteiger partial charge on any atom is 0.313 e. The van der Waals surface area contributed by atoms with Crippen molar-refractivity contribution in [2.24, 2.45) is 0 Å². The highest BCUT2D eigenvalue weighted by atomic mass is 16.4. The van der Waals surface area contributed by atoms with Gasteiger partial charge in [-0.15, -0.1) is 0 Å². The topological polar surface area (TPSA) is 57.6 Å². The molecule has 0 bridgehead atoms. The molecule has 134 valence electrons. The number of carboxylic acids is 1. The normalized spacial score (nSPS) is 26.0. The third-order valence-electron chi connectivity index (χ3n) is 6.08. The first-order chi connectivity index (χ1) is 12.5. The van der Waals surface area contributed by atoms with E-state index in [0.717, 1.165) is 31.2 Å². The molecule has 2 aromatic carbocycles. The number of hydrogen-bond donors (Lipinski definition) is 1. The van der Waals surface area contributed by atoms with Gasteiger partial charge in [-0.25, -0.2) is 0 Å². The summed E-state index contributed by atoms with van der Waals surface area (Å²) in [6.07, 6.45) is 4.03. The zero-order chi connectivity index (χ0) is 18.3. The lowest BCUT2D eigenvalue weighted by molar-refractivity contribution is -0.143. The minimum Gasteiger partial charge on any atom is -0.481 e. The molecule has 1 aliphatic heterocycles. The Morgan fingerprint density at radius 1 is 1.04 bits per heavy atom. The number of carboxylic acid groups (broad SMARTS) is 1. The zero-order valence-electron chi connectivity index (χ0n) is 14.9. The second-order valence-electron chi connectivity index (χ2n) is 7.49. The van der Waals surface area contributed by atoms with Crippen LogP contribution in [0.15, 0.2) is 54.6 Å². The average Bonchev–Trinajstić information content (AvgIpc) is 3.16. The number of aliphatic carboxylic acids is 1. The van der Waals surface area contributed by atoms with Gasteiger partial charge in [-0.1, -0.05) is 61.4 Å². The first-order valence-electron chi connectivity index (χ1n) is 9.26. The van der Waals surface area contributed by atoms with E-state index in [1.807, 2.05) is 54.3 Å². The Hall–Kier alpha value is -2.62. The van der Waals surface area contributed by atoms with Crippen molar-refractivity contribution in [2.75, 3.05) is 0 Å². The van der Waals surface area contributed by atoms with Crippen LogP contribution in [-0.2, 0) is 10.3 Å². The Balaban J connectivity index is 1.99. The molecule has 1 saturated carbocycles. The van der Waals surface area contributed by atoms with Crippen molar-refractivity contribution in [3.63, 3.8) is 0 Å². The number of fused-ring (bicyclic) bond motifs is 1. The maximum absolute atomic E-state index is 13.5. The summed E-state index contributed by atoms with van der Waals surface area (Å²) < 4.78 is 0. The van der Waals surface area contributed by atoms with Gasteiger partial charge in [0.05, 0.1) is 5.54 Å². The number of rotatable bonds is 3. The monoisotopic (exact) mass is 349 g/mol. The van der Waals surface area contributed by atoms with Gasteiger partial charge in [0, 0.05) is 11.6 Å². The number of carbonyl (C=O) groups excluding carboxylic acids is 1. The van der Waals surface area contributed by atoms with Crippen molar-refractivity contribution in [1.82, 2.24) is 4.90 Å². The van der Waals surface area contributed by atoms with Crippen LogP contribution in [0.25, 0.3) is 0 Å². The van der Waals surface area contributed by atoms with E-state index in [2.05, 4.69) is 0 Å². The van der Waals surface area contributed by atoms with Gasteiger partial charge < -0.3 is 10.0 Å². The van der Waals surface area contributed by atoms with Gasteiger partial charge >= 0.3 is 5.97 Å². The number of hydrogen-bond acceptors (Lipinski definition) is 2. The lowest BCUT2D eigenvalue weighted by Crippen LogP contribution is -2.59. The Morgan fingerprint density at radius 3 is 2.31 bits per heavy atom. The third-order valence-corrected chi connectivity index (χ3v) is 6.08. The fourth-order valence-corrected chi connectivity index (χ4v) is 4.89. The van der Waals surface area contributed by atoms with Crippen LogP contribution in [0, 0.1) is 0 Å². The molecular weight excluding hydrogens is 326 g/mol. The summed E-state index contributed by atoms with van der Waals surface area (Å²) in [7, 11) is 0. The maximum atomic E-state index is 13.5. The van der Waals surface area contributed by atoms with E-state index in [-0.39, 0.29) is 11.9 Å². The summed E-state index contributed by atoms with van der Waals surface area (Å²) in [5.41, 5.74) is 1.11.